The minimum Gasteiger partial charge on any atom is -0.344 e. The molecule has 0 radical (unpaired) electrons. The lowest BCUT2D eigenvalue weighted by atomic mass is 14.0. The number of halogens is 2. The summed E-state index contributed by atoms with van der Waals surface area (Å²) in [5.74, 6) is 0. The summed E-state index contributed by atoms with van der Waals surface area (Å²) in [6, 6.07) is 0. The molecule has 0 spiro atoms. The highest BCUT2D eigenvalue weighted by Crippen LogP contribution is 0.421. The molecule has 0 aliphatic carbocycles. The normalized spacial score (nSPS) is 0. The molecule has 0 amide bonds. The molecule has 0 aromatic carbocycles. The van der Waals surface area contributed by atoms with Gasteiger partial charge in [-0.3, -0.25) is 9.41 Å². The quantitative estimate of drug-likeness (QED) is 0.442. The summed E-state index contributed by atoms with van der Waals surface area (Å²) in [5.41, 5.74) is 0. The van der Waals surface area contributed by atoms with Crippen molar-refractivity contribution in [3.63, 3.8) is 0 Å². The van der Waals surface area contributed by atoms with Crippen molar-refractivity contribution in [2.24, 2.45) is 0 Å². The molecule has 4 heteroatoms. The first-order valence-corrected chi connectivity index (χ1v) is 0. The molecular formula is H8F2N2. The van der Waals surface area contributed by atoms with E-state index in [0.29, 0.717) is 0 Å². The first-order chi connectivity index (χ1) is 0. The van der Waals surface area contributed by atoms with Crippen LogP contribution >= 0.6 is 0 Å². The van der Waals surface area contributed by atoms with E-state index in [1.165, 1.54) is 0 Å². The zero-order chi connectivity index (χ0) is 0. The van der Waals surface area contributed by atoms with Gasteiger partial charge in [0.1, 0.15) is 0 Å². The monoisotopic (exact) mass is 74.1 g/mol. The van der Waals surface area contributed by atoms with Crippen molar-refractivity contribution in [1.82, 2.24) is 12.3 Å². The van der Waals surface area contributed by atoms with Crippen LogP contribution in [0.25, 0.3) is 0 Å². The fraction of sp³-hybridized carbons (Fsp3) is 0. The summed E-state index contributed by atoms with van der Waals surface area (Å²) in [7, 11) is 0. The average Bonchev–Trinajstić information content (AvgIpc) is 0. The number of rotatable bonds is 0. The van der Waals surface area contributed by atoms with Gasteiger partial charge in [-0.2, -0.15) is 0 Å². The standard InChI is InChI=1S/2FH.2H3N/h2*1H;2*1H3. The van der Waals surface area contributed by atoms with Gasteiger partial charge in [-0.15, -0.1) is 0 Å². The lowest BCUT2D eigenvalue weighted by molar-refractivity contribution is 1.11. The lowest BCUT2D eigenvalue weighted by Gasteiger charge is -0.345. The summed E-state index contributed by atoms with van der Waals surface area (Å²) in [6.45, 7) is 0. The molecule has 0 rings (SSSR count). The Morgan fingerprint density at radius 2 is 0.500 bits per heavy atom. The molecule has 32 valence electrons. The van der Waals surface area contributed by atoms with Crippen molar-refractivity contribution in [2.75, 3.05) is 0 Å². The largest absolute Gasteiger partial charge is 0.344 e. The number of hydrogen-bond donors (Lipinski definition) is 2. The Kier molecular flexibility index (Phi) is 27500. The summed E-state index contributed by atoms with van der Waals surface area (Å²) in [4.78, 5) is 0. The fourth-order valence-corrected chi connectivity index (χ4v) is 0. The molecule has 0 saturated carbocycles. The second kappa shape index (κ2) is 182. The van der Waals surface area contributed by atoms with E-state index in [1.807, 2.05) is 0 Å². The van der Waals surface area contributed by atoms with Crippen molar-refractivity contribution in [3.05, 3.63) is 0 Å². The van der Waals surface area contributed by atoms with Crippen LogP contribution in [0.15, 0.2) is 0 Å². The molecule has 0 heterocycles. The highest BCUT2D eigenvalue weighted by atomic mass is 19.0. The average molecular weight is 74.1 g/mol. The third kappa shape index (κ3) is 22.4. The smallest absolute Gasteiger partial charge is 0.269 e. The predicted molar refractivity (Wildman–Crippen MR) is 15.1 cm³/mol. The molecule has 6 N–H and O–H groups in total. The van der Waals surface area contributed by atoms with Gasteiger partial charge in [-0.1, -0.05) is 0 Å². The Morgan fingerprint density at radius 3 is 0.500 bits per heavy atom. The van der Waals surface area contributed by atoms with Crippen LogP contribution in [0.5, 0.6) is 0 Å². The Labute approximate surface area is 23.1 Å². The van der Waals surface area contributed by atoms with Crippen LogP contribution in [-0.2, 0) is 0 Å². The fourth-order valence-electron chi connectivity index (χ4n) is 0. The maximum absolute atomic E-state index is 0. The topological polar surface area (TPSA) is 70.0 Å². The van der Waals surface area contributed by atoms with Gasteiger partial charge in [0.15, 0.2) is 0 Å². The summed E-state index contributed by atoms with van der Waals surface area (Å²) >= 11 is 0. The Bertz CT molecular complexity index is 4.00. The van der Waals surface area contributed by atoms with Crippen LogP contribution in [0.1, 0.15) is 0 Å². The summed E-state index contributed by atoms with van der Waals surface area (Å²) < 4.78 is 0. The van der Waals surface area contributed by atoms with E-state index < -0.39 is 0 Å². The van der Waals surface area contributed by atoms with Gasteiger partial charge in [0.2, 0.25) is 0 Å². The molecule has 0 aliphatic rings. The first-order valence-electron chi connectivity index (χ1n) is 0. The molecular weight excluding hydrogens is 66.0 g/mol. The molecule has 4 heavy (non-hydrogen) atoms. The van der Waals surface area contributed by atoms with Crippen molar-refractivity contribution in [1.29, 1.82) is 0 Å². The highest BCUT2D eigenvalue weighted by molar-refractivity contribution is 2.14. The van der Waals surface area contributed by atoms with Crippen molar-refractivity contribution < 1.29 is 9.41 Å². The van der Waals surface area contributed by atoms with Crippen molar-refractivity contribution >= 4 is 0 Å². The third-order valence-electron chi connectivity index (χ3n) is 0. The Hall–Kier alpha value is -0.220. The zero-order valence-electron chi connectivity index (χ0n) is 2.23. The SMILES string of the molecule is F.F.N.N. The molecule has 0 saturated heterocycles. The van der Waals surface area contributed by atoms with Gasteiger partial charge in [-0.05, 0) is 0 Å². The minimum absolute atomic E-state index is 0. The van der Waals surface area contributed by atoms with Gasteiger partial charge < -0.3 is 12.3 Å². The Morgan fingerprint density at radius 1 is 0.500 bits per heavy atom. The van der Waals surface area contributed by atoms with E-state index in [4.69, 9.17) is 0 Å². The Balaban J connectivity index is 0. The van der Waals surface area contributed by atoms with E-state index in [9.17, 15) is 0 Å². The van der Waals surface area contributed by atoms with Crippen LogP contribution in [0.4, 0.5) is 9.41 Å². The molecule has 0 aliphatic heterocycles. The van der Waals surface area contributed by atoms with Crippen molar-refractivity contribution in [2.45, 2.75) is 0 Å². The summed E-state index contributed by atoms with van der Waals surface area (Å²) in [5, 5.41) is 0. The van der Waals surface area contributed by atoms with E-state index in [2.05, 4.69) is 0 Å². The van der Waals surface area contributed by atoms with E-state index in [1.54, 1.807) is 0 Å². The second-order valence-electron chi connectivity index (χ2n) is 0. The third-order valence-corrected chi connectivity index (χ3v) is 0. The van der Waals surface area contributed by atoms with Gasteiger partial charge in [-0.25, -0.2) is 0 Å². The van der Waals surface area contributed by atoms with Crippen LogP contribution in [-0.4, -0.2) is 0 Å². The van der Waals surface area contributed by atoms with Gasteiger partial charge >= 0.3 is 0 Å². The van der Waals surface area contributed by atoms with Crippen LogP contribution in [0.2, 0.25) is 0 Å². The lowest BCUT2D eigenvalue weighted by Crippen LogP contribution is -0.482. The maximum Gasteiger partial charge on any atom is -0.269 e. The molecule has 0 bridgehead atoms. The molecule has 0 atom stereocenters. The maximum atomic E-state index is 0. The van der Waals surface area contributed by atoms with Crippen LogP contribution in [0, 0.1) is 0 Å². The van der Waals surface area contributed by atoms with Crippen LogP contribution < -0.4 is 12.3 Å². The summed E-state index contributed by atoms with van der Waals surface area (Å²) in [6.07, 6.45) is 0. The van der Waals surface area contributed by atoms with E-state index in [0.717, 1.165) is 0 Å². The van der Waals surface area contributed by atoms with Crippen LogP contribution in [0.3, 0.4) is 0 Å². The molecule has 0 aromatic rings. The second-order valence-corrected chi connectivity index (χ2v) is 0. The van der Waals surface area contributed by atoms with Gasteiger partial charge in [0, 0.05) is 0 Å². The molecule has 0 aromatic heterocycles. The predicted octanol–water partition coefficient (Wildman–Crippen LogP) is 0.629. The highest BCUT2D eigenvalue weighted by Gasteiger charge is -0.268. The van der Waals surface area contributed by atoms with E-state index in [-0.39, 0.29) is 21.7 Å². The molecule has 0 unspecified atom stereocenters. The first kappa shape index (κ1) is 604. The van der Waals surface area contributed by atoms with Gasteiger partial charge in [0.05, 0.1) is 0 Å². The molecule has 0 fully saturated rings. The molecule has 2 nitrogen and oxygen atoms in total. The van der Waals surface area contributed by atoms with Crippen molar-refractivity contribution in [3.8, 4) is 0 Å². The number of hydrogen-bond acceptors (Lipinski definition) is 2. The van der Waals surface area contributed by atoms with E-state index >= 15 is 0 Å². The zero-order valence-corrected chi connectivity index (χ0v) is 2.23. The minimum atomic E-state index is 0. The van der Waals surface area contributed by atoms with Gasteiger partial charge in [0.25, 0.3) is 0 Å².